The lowest BCUT2D eigenvalue weighted by atomic mass is 10.1. The number of rotatable bonds is 4. The molecule has 3 nitrogen and oxygen atoms in total. The Bertz CT molecular complexity index is 750. The van der Waals surface area contributed by atoms with E-state index in [2.05, 4.69) is 4.74 Å². The van der Waals surface area contributed by atoms with Crippen molar-refractivity contribution in [1.29, 1.82) is 0 Å². The first-order valence-electron chi connectivity index (χ1n) is 5.99. The van der Waals surface area contributed by atoms with E-state index in [4.69, 9.17) is 0 Å². The summed E-state index contributed by atoms with van der Waals surface area (Å²) >= 11 is 0. The largest absolute Gasteiger partial charge is 0.433 e. The summed E-state index contributed by atoms with van der Waals surface area (Å²) in [6.45, 7) is -3.19. The third-order valence-electron chi connectivity index (χ3n) is 2.70. The Morgan fingerprint density at radius 1 is 1.00 bits per heavy atom. The Morgan fingerprint density at radius 2 is 1.65 bits per heavy atom. The van der Waals surface area contributed by atoms with Crippen LogP contribution in [0.2, 0.25) is 0 Å². The van der Waals surface area contributed by atoms with Crippen molar-refractivity contribution in [1.82, 2.24) is 0 Å². The molecule has 0 aromatic heterocycles. The zero-order chi connectivity index (χ0) is 17.1. The maximum atomic E-state index is 13.5. The molecule has 0 aliphatic carbocycles. The summed E-state index contributed by atoms with van der Waals surface area (Å²) in [6.07, 6.45) is 0. The molecule has 0 unspecified atom stereocenters. The second kappa shape index (κ2) is 6.59. The lowest BCUT2D eigenvalue weighted by molar-refractivity contribution is -0.0493. The Kier molecular flexibility index (Phi) is 4.77. The molecular weight excluding hydrogens is 328 g/mol. The van der Waals surface area contributed by atoms with Crippen molar-refractivity contribution < 1.29 is 35.9 Å². The van der Waals surface area contributed by atoms with Crippen LogP contribution in [0.3, 0.4) is 0 Å². The number of nitrogens with one attached hydrogen (secondary N) is 1. The smallest absolute Gasteiger partial charge is 0.387 e. The van der Waals surface area contributed by atoms with Gasteiger partial charge in [0.1, 0.15) is 5.75 Å². The standard InChI is InChI=1S/C14H7F6NO2/c15-7-5-6(10(16)12(18)11(7)17)13(22)21-8-3-1-2-4-9(8)23-14(19)20/h1-5,14H,(H,21,22). The minimum Gasteiger partial charge on any atom is -0.433 e. The Balaban J connectivity index is 2.34. The molecule has 0 heterocycles. The van der Waals surface area contributed by atoms with Crippen molar-refractivity contribution >= 4 is 11.6 Å². The number of ether oxygens (including phenoxy) is 1. The molecule has 0 bridgehead atoms. The van der Waals surface area contributed by atoms with Crippen LogP contribution in [0.25, 0.3) is 0 Å². The van der Waals surface area contributed by atoms with E-state index in [1.54, 1.807) is 0 Å². The summed E-state index contributed by atoms with van der Waals surface area (Å²) in [5, 5.41) is 1.95. The molecule has 0 saturated carbocycles. The lowest BCUT2D eigenvalue weighted by Crippen LogP contribution is -2.17. The van der Waals surface area contributed by atoms with Crippen LogP contribution < -0.4 is 10.1 Å². The fourth-order valence-electron chi connectivity index (χ4n) is 1.70. The van der Waals surface area contributed by atoms with Crippen LogP contribution >= 0.6 is 0 Å². The molecule has 23 heavy (non-hydrogen) atoms. The number of carbonyl (C=O) groups is 1. The van der Waals surface area contributed by atoms with Crippen molar-refractivity contribution in [3.8, 4) is 5.75 Å². The molecule has 1 N–H and O–H groups in total. The molecule has 0 saturated heterocycles. The minimum absolute atomic E-state index is 0.152. The van der Waals surface area contributed by atoms with Crippen LogP contribution in [-0.4, -0.2) is 12.5 Å². The number of amides is 1. The number of halogens is 6. The molecule has 1 amide bonds. The van der Waals surface area contributed by atoms with Crippen LogP contribution in [0, 0.1) is 23.3 Å². The molecular formula is C14H7F6NO2. The van der Waals surface area contributed by atoms with Crippen molar-refractivity contribution in [2.45, 2.75) is 6.61 Å². The van der Waals surface area contributed by atoms with E-state index < -0.39 is 47.1 Å². The molecule has 0 atom stereocenters. The van der Waals surface area contributed by atoms with Gasteiger partial charge in [-0.2, -0.15) is 8.78 Å². The van der Waals surface area contributed by atoms with Gasteiger partial charge in [-0.25, -0.2) is 17.6 Å². The van der Waals surface area contributed by atoms with Crippen LogP contribution in [-0.2, 0) is 0 Å². The Labute approximate surface area is 125 Å². The summed E-state index contributed by atoms with van der Waals surface area (Å²) in [7, 11) is 0. The second-order valence-corrected chi connectivity index (χ2v) is 4.18. The highest BCUT2D eigenvalue weighted by molar-refractivity contribution is 6.05. The molecule has 122 valence electrons. The summed E-state index contributed by atoms with van der Waals surface area (Å²) in [5.41, 5.74) is -1.42. The predicted molar refractivity (Wildman–Crippen MR) is 67.3 cm³/mol. The Morgan fingerprint density at radius 3 is 2.30 bits per heavy atom. The quantitative estimate of drug-likeness (QED) is 0.519. The van der Waals surface area contributed by atoms with Gasteiger partial charge in [0.2, 0.25) is 0 Å². The average Bonchev–Trinajstić information content (AvgIpc) is 2.50. The van der Waals surface area contributed by atoms with Crippen molar-refractivity contribution in [3.05, 3.63) is 59.2 Å². The maximum absolute atomic E-state index is 13.5. The molecule has 0 radical (unpaired) electrons. The average molecular weight is 335 g/mol. The first kappa shape index (κ1) is 16.7. The van der Waals surface area contributed by atoms with Crippen molar-refractivity contribution in [2.24, 2.45) is 0 Å². The first-order valence-corrected chi connectivity index (χ1v) is 5.99. The number of carbonyl (C=O) groups excluding carboxylic acids is 1. The van der Waals surface area contributed by atoms with E-state index in [1.807, 2.05) is 5.32 Å². The molecule has 2 aromatic carbocycles. The summed E-state index contributed by atoms with van der Waals surface area (Å²) in [5.74, 6) is -9.72. The van der Waals surface area contributed by atoms with E-state index >= 15 is 0 Å². The first-order chi connectivity index (χ1) is 10.8. The van der Waals surface area contributed by atoms with Crippen LogP contribution in [0.5, 0.6) is 5.75 Å². The molecule has 0 spiro atoms. The third-order valence-corrected chi connectivity index (χ3v) is 2.70. The third kappa shape index (κ3) is 3.55. The number of benzene rings is 2. The lowest BCUT2D eigenvalue weighted by Gasteiger charge is -2.12. The van der Waals surface area contributed by atoms with Gasteiger partial charge in [-0.05, 0) is 18.2 Å². The number of hydrogen-bond donors (Lipinski definition) is 1. The van der Waals surface area contributed by atoms with Gasteiger partial charge < -0.3 is 10.1 Å². The van der Waals surface area contributed by atoms with Gasteiger partial charge in [0.15, 0.2) is 23.3 Å². The maximum Gasteiger partial charge on any atom is 0.387 e. The number of para-hydroxylation sites is 2. The number of anilines is 1. The topological polar surface area (TPSA) is 38.3 Å². The van der Waals surface area contributed by atoms with Crippen LogP contribution in [0.1, 0.15) is 10.4 Å². The van der Waals surface area contributed by atoms with E-state index in [9.17, 15) is 31.1 Å². The van der Waals surface area contributed by atoms with Gasteiger partial charge in [0.05, 0.1) is 11.3 Å². The van der Waals surface area contributed by atoms with Crippen LogP contribution in [0.4, 0.5) is 32.0 Å². The normalized spacial score (nSPS) is 10.7. The second-order valence-electron chi connectivity index (χ2n) is 4.18. The zero-order valence-corrected chi connectivity index (χ0v) is 11.0. The zero-order valence-electron chi connectivity index (χ0n) is 11.0. The summed E-state index contributed by atoms with van der Waals surface area (Å²) < 4.78 is 81.2. The van der Waals surface area contributed by atoms with Crippen molar-refractivity contribution in [3.63, 3.8) is 0 Å². The molecule has 2 rings (SSSR count). The molecule has 0 aliphatic rings. The van der Waals surface area contributed by atoms with Gasteiger partial charge in [-0.15, -0.1) is 0 Å². The minimum atomic E-state index is -3.19. The summed E-state index contributed by atoms with van der Waals surface area (Å²) in [6, 6.07) is 5.05. The van der Waals surface area contributed by atoms with E-state index in [-0.39, 0.29) is 11.8 Å². The van der Waals surface area contributed by atoms with Gasteiger partial charge >= 0.3 is 6.61 Å². The SMILES string of the molecule is O=C(Nc1ccccc1OC(F)F)c1cc(F)c(F)c(F)c1F. The Hall–Kier alpha value is -2.71. The number of alkyl halides is 2. The molecule has 2 aromatic rings. The molecule has 9 heteroatoms. The van der Waals surface area contributed by atoms with Gasteiger partial charge in [0.25, 0.3) is 5.91 Å². The van der Waals surface area contributed by atoms with E-state index in [1.165, 1.54) is 12.1 Å². The van der Waals surface area contributed by atoms with Crippen molar-refractivity contribution in [2.75, 3.05) is 5.32 Å². The highest BCUT2D eigenvalue weighted by atomic mass is 19.3. The van der Waals surface area contributed by atoms with E-state index in [0.29, 0.717) is 0 Å². The highest BCUT2D eigenvalue weighted by Crippen LogP contribution is 2.27. The predicted octanol–water partition coefficient (Wildman–Crippen LogP) is 4.10. The highest BCUT2D eigenvalue weighted by Gasteiger charge is 2.23. The monoisotopic (exact) mass is 335 g/mol. The van der Waals surface area contributed by atoms with Crippen LogP contribution in [0.15, 0.2) is 30.3 Å². The molecule has 0 aliphatic heterocycles. The van der Waals surface area contributed by atoms with Gasteiger partial charge in [0, 0.05) is 0 Å². The van der Waals surface area contributed by atoms with Gasteiger partial charge in [-0.3, -0.25) is 4.79 Å². The number of hydrogen-bond acceptors (Lipinski definition) is 2. The van der Waals surface area contributed by atoms with E-state index in [0.717, 1.165) is 12.1 Å². The molecule has 0 fully saturated rings. The fraction of sp³-hybridized carbons (Fsp3) is 0.0714. The van der Waals surface area contributed by atoms with Gasteiger partial charge in [-0.1, -0.05) is 12.1 Å². The summed E-state index contributed by atoms with van der Waals surface area (Å²) in [4.78, 5) is 11.8. The fourth-order valence-corrected chi connectivity index (χ4v) is 1.70.